The van der Waals surface area contributed by atoms with E-state index in [1.807, 2.05) is 6.26 Å². The molecule has 0 radical (unpaired) electrons. The van der Waals surface area contributed by atoms with Gasteiger partial charge >= 0.3 is 5.69 Å². The molecule has 0 aromatic carbocycles. The first-order valence-corrected chi connectivity index (χ1v) is 7.65. The second-order valence-corrected chi connectivity index (χ2v) is 5.45. The van der Waals surface area contributed by atoms with Gasteiger partial charge in [-0.3, -0.25) is 14.3 Å². The van der Waals surface area contributed by atoms with Crippen LogP contribution in [0.2, 0.25) is 0 Å². The smallest absolute Gasteiger partial charge is 0.330 e. The van der Waals surface area contributed by atoms with Crippen molar-refractivity contribution < 1.29 is 14.6 Å². The third-order valence-corrected chi connectivity index (χ3v) is 3.59. The maximum atomic E-state index is 11.8. The van der Waals surface area contributed by atoms with E-state index >= 15 is 0 Å². The number of ether oxygens (including phenoxy) is 2. The van der Waals surface area contributed by atoms with E-state index in [-0.39, 0.29) is 12.7 Å². The van der Waals surface area contributed by atoms with Crippen molar-refractivity contribution in [2.45, 2.75) is 31.8 Å². The van der Waals surface area contributed by atoms with Crippen LogP contribution in [-0.2, 0) is 9.47 Å². The topological polar surface area (TPSA) is 93.6 Å². The van der Waals surface area contributed by atoms with E-state index in [0.717, 1.165) is 0 Å². The Morgan fingerprint density at radius 2 is 2.35 bits per heavy atom. The number of H-pyrrole nitrogens is 1. The van der Waals surface area contributed by atoms with Gasteiger partial charge in [0.25, 0.3) is 5.56 Å². The number of aliphatic hydroxyl groups excluding tert-OH is 1. The third kappa shape index (κ3) is 3.14. The van der Waals surface area contributed by atoms with Gasteiger partial charge in [-0.2, -0.15) is 0 Å². The Morgan fingerprint density at radius 1 is 1.60 bits per heavy atom. The summed E-state index contributed by atoms with van der Waals surface area (Å²) in [6, 6.07) is 0. The lowest BCUT2D eigenvalue weighted by molar-refractivity contribution is -0.0555. The zero-order valence-corrected chi connectivity index (χ0v) is 12.2. The maximum Gasteiger partial charge on any atom is 0.330 e. The molecule has 3 atom stereocenters. The largest absolute Gasteiger partial charge is 0.394 e. The van der Waals surface area contributed by atoms with E-state index in [1.54, 1.807) is 6.92 Å². The van der Waals surface area contributed by atoms with Gasteiger partial charge in [-0.05, 0) is 13.2 Å². The molecule has 1 unspecified atom stereocenters. The lowest BCUT2D eigenvalue weighted by Crippen LogP contribution is -2.33. The molecule has 1 aliphatic rings. The normalized spacial score (nSPS) is 26.1. The highest BCUT2D eigenvalue weighted by Crippen LogP contribution is 2.30. The Morgan fingerprint density at radius 3 is 3.00 bits per heavy atom. The van der Waals surface area contributed by atoms with Crippen molar-refractivity contribution in [2.75, 3.05) is 18.8 Å². The average molecular weight is 302 g/mol. The molecular weight excluding hydrogens is 284 g/mol. The molecule has 1 saturated heterocycles. The Kier molecular flexibility index (Phi) is 5.03. The summed E-state index contributed by atoms with van der Waals surface area (Å²) in [5.74, 6) is 0.497. The highest BCUT2D eigenvalue weighted by molar-refractivity contribution is 7.98. The SMILES string of the molecule is CSCOC1C[C@H](n2cc(C)c(=O)[nH]c2=O)O[C@@H]1CO. The molecule has 0 aliphatic carbocycles. The van der Waals surface area contributed by atoms with Crippen molar-refractivity contribution in [3.8, 4) is 0 Å². The monoisotopic (exact) mass is 302 g/mol. The summed E-state index contributed by atoms with van der Waals surface area (Å²) in [6.07, 6.45) is 2.57. The van der Waals surface area contributed by atoms with Crippen LogP contribution in [0.3, 0.4) is 0 Å². The number of nitrogens with one attached hydrogen (secondary N) is 1. The highest BCUT2D eigenvalue weighted by atomic mass is 32.2. The molecule has 2 rings (SSSR count). The van der Waals surface area contributed by atoms with Gasteiger partial charge in [-0.15, -0.1) is 11.8 Å². The minimum Gasteiger partial charge on any atom is -0.394 e. The van der Waals surface area contributed by atoms with E-state index in [9.17, 15) is 14.7 Å². The molecule has 0 bridgehead atoms. The maximum absolute atomic E-state index is 11.8. The Hall–Kier alpha value is -1.09. The van der Waals surface area contributed by atoms with Crippen LogP contribution in [0.25, 0.3) is 0 Å². The van der Waals surface area contributed by atoms with Crippen molar-refractivity contribution >= 4 is 11.8 Å². The zero-order chi connectivity index (χ0) is 14.7. The molecule has 112 valence electrons. The van der Waals surface area contributed by atoms with E-state index < -0.39 is 23.6 Å². The summed E-state index contributed by atoms with van der Waals surface area (Å²) < 4.78 is 12.6. The van der Waals surface area contributed by atoms with Crippen LogP contribution in [0, 0.1) is 6.92 Å². The van der Waals surface area contributed by atoms with Gasteiger partial charge in [0.1, 0.15) is 12.3 Å². The fraction of sp³-hybridized carbons (Fsp3) is 0.667. The van der Waals surface area contributed by atoms with Crippen LogP contribution in [0.15, 0.2) is 15.8 Å². The number of hydrogen-bond donors (Lipinski definition) is 2. The van der Waals surface area contributed by atoms with Gasteiger partial charge in [0.05, 0.1) is 18.6 Å². The number of hydrogen-bond acceptors (Lipinski definition) is 6. The molecule has 0 saturated carbocycles. The van der Waals surface area contributed by atoms with Gasteiger partial charge in [-0.25, -0.2) is 4.79 Å². The third-order valence-electron chi connectivity index (χ3n) is 3.22. The summed E-state index contributed by atoms with van der Waals surface area (Å²) in [4.78, 5) is 25.4. The number of thioether (sulfide) groups is 1. The first-order valence-electron chi connectivity index (χ1n) is 6.25. The molecular formula is C12H18N2O5S. The van der Waals surface area contributed by atoms with Crippen molar-refractivity contribution in [1.29, 1.82) is 0 Å². The lowest BCUT2D eigenvalue weighted by Gasteiger charge is -2.15. The number of aliphatic hydroxyl groups is 1. The van der Waals surface area contributed by atoms with Gasteiger partial charge in [0.2, 0.25) is 0 Å². The Bertz CT molecular complexity index is 570. The Balaban J connectivity index is 2.20. The molecule has 0 spiro atoms. The second kappa shape index (κ2) is 6.57. The minimum atomic E-state index is -0.540. The van der Waals surface area contributed by atoms with Gasteiger partial charge in [-0.1, -0.05) is 0 Å². The highest BCUT2D eigenvalue weighted by Gasteiger charge is 2.37. The van der Waals surface area contributed by atoms with Crippen LogP contribution in [0.4, 0.5) is 0 Å². The molecule has 1 aromatic rings. The fourth-order valence-corrected chi connectivity index (χ4v) is 2.48. The molecule has 8 heteroatoms. The standard InChI is InChI=1S/C12H18N2O5S/c1-7-4-14(12(17)13-11(7)16)10-3-8(18-6-20-2)9(5-15)19-10/h4,8-10,15H,3,5-6H2,1-2H3,(H,13,16,17)/t8?,9-,10-/m1/s1. The van der Waals surface area contributed by atoms with Crippen LogP contribution >= 0.6 is 11.8 Å². The molecule has 2 N–H and O–H groups in total. The lowest BCUT2D eigenvalue weighted by atomic mass is 10.2. The summed E-state index contributed by atoms with van der Waals surface area (Å²) in [6.45, 7) is 1.45. The van der Waals surface area contributed by atoms with Crippen molar-refractivity contribution in [3.63, 3.8) is 0 Å². The summed E-state index contributed by atoms with van der Waals surface area (Å²) in [5.41, 5.74) is -0.492. The number of aromatic nitrogens is 2. The van der Waals surface area contributed by atoms with Crippen LogP contribution in [0.5, 0.6) is 0 Å². The first kappa shape index (κ1) is 15.3. The van der Waals surface area contributed by atoms with Crippen molar-refractivity contribution in [1.82, 2.24) is 9.55 Å². The van der Waals surface area contributed by atoms with Gasteiger partial charge < -0.3 is 14.6 Å². The van der Waals surface area contributed by atoms with Crippen molar-refractivity contribution in [3.05, 3.63) is 32.6 Å². The summed E-state index contributed by atoms with van der Waals surface area (Å²) in [7, 11) is 0. The molecule has 7 nitrogen and oxygen atoms in total. The predicted octanol–water partition coefficient (Wildman–Crippen LogP) is -0.169. The Labute approximate surface area is 119 Å². The first-order chi connectivity index (χ1) is 9.56. The number of nitrogens with zero attached hydrogens (tertiary/aromatic N) is 1. The molecule has 20 heavy (non-hydrogen) atoms. The van der Waals surface area contributed by atoms with Crippen LogP contribution in [0.1, 0.15) is 18.2 Å². The van der Waals surface area contributed by atoms with E-state index in [1.165, 1.54) is 22.5 Å². The predicted molar refractivity (Wildman–Crippen MR) is 74.9 cm³/mol. The molecule has 0 amide bonds. The quantitative estimate of drug-likeness (QED) is 0.734. The number of aromatic amines is 1. The average Bonchev–Trinajstić information content (AvgIpc) is 2.83. The zero-order valence-electron chi connectivity index (χ0n) is 11.4. The molecule has 2 heterocycles. The summed E-state index contributed by atoms with van der Waals surface area (Å²) in [5, 5.41) is 9.31. The molecule has 1 aliphatic heterocycles. The van der Waals surface area contributed by atoms with Crippen molar-refractivity contribution in [2.24, 2.45) is 0 Å². The van der Waals surface area contributed by atoms with Gasteiger partial charge in [0.15, 0.2) is 0 Å². The van der Waals surface area contributed by atoms with E-state index in [2.05, 4.69) is 4.98 Å². The van der Waals surface area contributed by atoms with Crippen LogP contribution < -0.4 is 11.2 Å². The van der Waals surface area contributed by atoms with E-state index in [0.29, 0.717) is 17.9 Å². The van der Waals surface area contributed by atoms with Gasteiger partial charge in [0, 0.05) is 18.2 Å². The van der Waals surface area contributed by atoms with E-state index in [4.69, 9.17) is 9.47 Å². The fourth-order valence-electron chi connectivity index (χ4n) is 2.17. The molecule has 1 fully saturated rings. The number of rotatable bonds is 5. The second-order valence-electron chi connectivity index (χ2n) is 4.64. The minimum absolute atomic E-state index is 0.174. The summed E-state index contributed by atoms with van der Waals surface area (Å²) >= 11 is 1.53. The number of aryl methyl sites for hydroxylation is 1. The molecule has 1 aromatic heterocycles. The van der Waals surface area contributed by atoms with Crippen LogP contribution in [-0.4, -0.2) is 45.7 Å².